The van der Waals surface area contributed by atoms with Gasteiger partial charge in [0.25, 0.3) is 0 Å². The molecule has 0 radical (unpaired) electrons. The Hall–Kier alpha value is -0.820. The lowest BCUT2D eigenvalue weighted by molar-refractivity contribution is -0.346. The molecule has 0 aromatic rings. The van der Waals surface area contributed by atoms with Crippen LogP contribution in [0.3, 0.4) is 0 Å². The Morgan fingerprint density at radius 1 is 0.854 bits per heavy atom. The van der Waals surface area contributed by atoms with Crippen molar-refractivity contribution in [3.63, 3.8) is 0 Å². The lowest BCUT2D eigenvalue weighted by atomic mass is 9.52. The van der Waals surface area contributed by atoms with E-state index >= 15 is 0 Å². The summed E-state index contributed by atoms with van der Waals surface area (Å²) in [5.41, 5.74) is -1.57. The van der Waals surface area contributed by atoms with Gasteiger partial charge in [0.2, 0.25) is 0 Å². The van der Waals surface area contributed by atoms with Crippen LogP contribution in [0.2, 0.25) is 0 Å². The minimum Gasteiger partial charge on any atom is -0.396 e. The molecular weight excluding hydrogens is 548 g/mol. The molecule has 41 heavy (non-hydrogen) atoms. The van der Waals surface area contributed by atoms with Crippen LogP contribution < -0.4 is 0 Å². The first-order chi connectivity index (χ1) is 19.2. The van der Waals surface area contributed by atoms with Crippen LogP contribution in [0.15, 0.2) is 12.2 Å². The average Bonchev–Trinajstić information content (AvgIpc) is 2.93. The summed E-state index contributed by atoms with van der Waals surface area (Å²) in [6.07, 6.45) is -15.9. The van der Waals surface area contributed by atoms with E-state index in [0.29, 0.717) is 31.3 Å². The van der Waals surface area contributed by atoms with Gasteiger partial charge < -0.3 is 70.0 Å². The third-order valence-electron chi connectivity index (χ3n) is 9.54. The van der Waals surface area contributed by atoms with Crippen molar-refractivity contribution in [3.05, 3.63) is 12.2 Å². The van der Waals surface area contributed by atoms with Crippen LogP contribution in [-0.2, 0) is 18.9 Å². The number of ether oxygens (including phenoxy) is 4. The minimum absolute atomic E-state index is 0.360. The van der Waals surface area contributed by atoms with E-state index in [1.165, 1.54) is 0 Å². The monoisotopic (exact) mass is 594 g/mol. The fourth-order valence-electron chi connectivity index (χ4n) is 7.01. The Morgan fingerprint density at radius 2 is 1.44 bits per heavy atom. The van der Waals surface area contributed by atoms with Crippen molar-refractivity contribution in [1.29, 1.82) is 0 Å². The van der Waals surface area contributed by atoms with Gasteiger partial charge in [-0.25, -0.2) is 0 Å². The van der Waals surface area contributed by atoms with Crippen LogP contribution >= 0.6 is 0 Å². The van der Waals surface area contributed by atoms with E-state index in [1.54, 1.807) is 13.8 Å². The SMILES string of the molecule is C=C1CC[C@@H](O)[C@@]2(CO)CC[C@@H](C(C)(C)O)[C@H](O[C@H]3O[C@@H](CO[C@@H]4O[C@H](CO)[C@H](O)[C@H](O)[C@H]4O)[C@@H](O)[C@H](O)[C@@H]3O)[C@@H]12. The number of hydrogen-bond donors (Lipinski definition) is 10. The highest BCUT2D eigenvalue weighted by molar-refractivity contribution is 5.20. The molecule has 2 heterocycles. The van der Waals surface area contributed by atoms with Crippen molar-refractivity contribution >= 4 is 0 Å². The standard InChI is InChI=1S/C27H46O14/c1-11-4-5-15(30)27(10-29)7-6-12(26(2,3)37)23(16(11)27)41-25-22(36)20(34)18(32)14(40-25)9-38-24-21(35)19(33)17(31)13(8-28)39-24/h12-25,28-37H,1,4-10H2,2-3H3/t12-,13-,14+,15-,16-,17+,18-,19+,20+,21-,22+,23+,24-,25-,27+/m1/s1. The zero-order chi connectivity index (χ0) is 30.4. The average molecular weight is 595 g/mol. The Labute approximate surface area is 238 Å². The molecule has 238 valence electrons. The predicted octanol–water partition coefficient (Wildman–Crippen LogP) is -3.52. The van der Waals surface area contributed by atoms with Crippen molar-refractivity contribution in [1.82, 2.24) is 0 Å². The summed E-state index contributed by atoms with van der Waals surface area (Å²) in [7, 11) is 0. The fourth-order valence-corrected chi connectivity index (χ4v) is 7.01. The Balaban J connectivity index is 1.55. The van der Waals surface area contributed by atoms with Crippen LogP contribution in [0.5, 0.6) is 0 Å². The number of fused-ring (bicyclic) bond motifs is 1. The summed E-state index contributed by atoms with van der Waals surface area (Å²) < 4.78 is 22.9. The van der Waals surface area contributed by atoms with E-state index in [1.807, 2.05) is 0 Å². The molecule has 14 heteroatoms. The first-order valence-corrected chi connectivity index (χ1v) is 14.1. The summed E-state index contributed by atoms with van der Waals surface area (Å²) in [6, 6.07) is 0. The second kappa shape index (κ2) is 12.7. The molecule has 14 nitrogen and oxygen atoms in total. The molecule has 0 aromatic heterocycles. The van der Waals surface area contributed by atoms with Gasteiger partial charge in [-0.05, 0) is 39.5 Å². The second-order valence-corrected chi connectivity index (χ2v) is 12.5. The van der Waals surface area contributed by atoms with Gasteiger partial charge in [0, 0.05) is 17.3 Å². The van der Waals surface area contributed by atoms with Gasteiger partial charge in [-0.3, -0.25) is 0 Å². The second-order valence-electron chi connectivity index (χ2n) is 12.5. The highest BCUT2D eigenvalue weighted by Crippen LogP contribution is 2.56. The van der Waals surface area contributed by atoms with E-state index in [4.69, 9.17) is 18.9 Å². The van der Waals surface area contributed by atoms with Gasteiger partial charge in [0.15, 0.2) is 12.6 Å². The van der Waals surface area contributed by atoms with Crippen LogP contribution in [0.1, 0.15) is 39.5 Å². The van der Waals surface area contributed by atoms with Crippen molar-refractivity contribution < 1.29 is 70.0 Å². The van der Waals surface area contributed by atoms with Gasteiger partial charge in [0.05, 0.1) is 37.6 Å². The van der Waals surface area contributed by atoms with Gasteiger partial charge in [0.1, 0.15) is 48.8 Å². The lowest BCUT2D eigenvalue weighted by Gasteiger charge is -2.58. The van der Waals surface area contributed by atoms with E-state index in [9.17, 15) is 51.1 Å². The fraction of sp³-hybridized carbons (Fsp3) is 0.926. The third kappa shape index (κ3) is 6.11. The highest BCUT2D eigenvalue weighted by atomic mass is 16.7. The molecule has 2 saturated carbocycles. The molecule has 15 atom stereocenters. The normalized spacial score (nSPS) is 49.5. The highest BCUT2D eigenvalue weighted by Gasteiger charge is 2.59. The Bertz CT molecular complexity index is 896. The lowest BCUT2D eigenvalue weighted by Crippen LogP contribution is -2.65. The molecule has 0 bridgehead atoms. The molecule has 0 spiro atoms. The molecule has 0 unspecified atom stereocenters. The molecule has 2 saturated heterocycles. The third-order valence-corrected chi connectivity index (χ3v) is 9.54. The molecule has 4 aliphatic rings. The largest absolute Gasteiger partial charge is 0.396 e. The summed E-state index contributed by atoms with van der Waals surface area (Å²) >= 11 is 0. The first kappa shape index (κ1) is 33.1. The number of hydrogen-bond acceptors (Lipinski definition) is 14. The topological polar surface area (TPSA) is 239 Å². The van der Waals surface area contributed by atoms with E-state index in [-0.39, 0.29) is 6.61 Å². The quantitative estimate of drug-likeness (QED) is 0.123. The van der Waals surface area contributed by atoms with Gasteiger partial charge in [-0.2, -0.15) is 0 Å². The van der Waals surface area contributed by atoms with E-state index < -0.39 is 110 Å². The van der Waals surface area contributed by atoms with E-state index in [0.717, 1.165) is 0 Å². The summed E-state index contributed by atoms with van der Waals surface area (Å²) in [6.45, 7) is 5.83. The van der Waals surface area contributed by atoms with Crippen molar-refractivity contribution in [3.8, 4) is 0 Å². The number of aliphatic hydroxyl groups is 10. The zero-order valence-corrected chi connectivity index (χ0v) is 23.3. The van der Waals surface area contributed by atoms with E-state index in [2.05, 4.69) is 6.58 Å². The maximum Gasteiger partial charge on any atom is 0.187 e. The predicted molar refractivity (Wildman–Crippen MR) is 138 cm³/mol. The number of aliphatic hydroxyl groups excluding tert-OH is 9. The Kier molecular flexibility index (Phi) is 10.2. The van der Waals surface area contributed by atoms with Gasteiger partial charge in [-0.15, -0.1) is 0 Å². The Morgan fingerprint density at radius 3 is 2.02 bits per heavy atom. The van der Waals surface area contributed by atoms with Crippen molar-refractivity contribution in [2.45, 2.75) is 119 Å². The van der Waals surface area contributed by atoms with Gasteiger partial charge >= 0.3 is 0 Å². The summed E-state index contributed by atoms with van der Waals surface area (Å²) in [5.74, 6) is -1.16. The smallest absolute Gasteiger partial charge is 0.187 e. The van der Waals surface area contributed by atoms with Gasteiger partial charge in [-0.1, -0.05) is 12.2 Å². The molecule has 2 aliphatic carbocycles. The van der Waals surface area contributed by atoms with Crippen LogP contribution in [-0.4, -0.2) is 150 Å². The van der Waals surface area contributed by atoms with Crippen molar-refractivity contribution in [2.24, 2.45) is 17.3 Å². The molecule has 0 amide bonds. The molecule has 0 aromatic carbocycles. The molecule has 4 fully saturated rings. The first-order valence-electron chi connectivity index (χ1n) is 14.1. The maximum absolute atomic E-state index is 11.0. The zero-order valence-electron chi connectivity index (χ0n) is 23.3. The molecular formula is C27H46O14. The number of rotatable bonds is 8. The molecule has 10 N–H and O–H groups in total. The molecule has 2 aliphatic heterocycles. The maximum atomic E-state index is 11.0. The van der Waals surface area contributed by atoms with Crippen LogP contribution in [0.4, 0.5) is 0 Å². The van der Waals surface area contributed by atoms with Crippen LogP contribution in [0, 0.1) is 17.3 Å². The summed E-state index contributed by atoms with van der Waals surface area (Å²) in [5, 5.41) is 104. The summed E-state index contributed by atoms with van der Waals surface area (Å²) in [4.78, 5) is 0. The van der Waals surface area contributed by atoms with Crippen LogP contribution in [0.25, 0.3) is 0 Å². The van der Waals surface area contributed by atoms with Crippen molar-refractivity contribution in [2.75, 3.05) is 19.8 Å². The minimum atomic E-state index is -1.76. The molecule has 4 rings (SSSR count).